The maximum absolute atomic E-state index is 10.7. The Labute approximate surface area is 247 Å². The lowest BCUT2D eigenvalue weighted by Crippen LogP contribution is -1.96. The number of thioether (sulfide) groups is 1. The third-order valence-corrected chi connectivity index (χ3v) is 6.10. The van der Waals surface area contributed by atoms with Gasteiger partial charge in [-0.2, -0.15) is 0 Å². The molecule has 5 rings (SSSR count). The molecule has 0 aliphatic rings. The SMILES string of the molecule is CSc1ccc(Nc2cc(Oc3ccc([N+](=O)[O-])cc3)ncn2)cc1.O=[N+]([O-])c1ccc(Oc2cc(Cl)ncn2)cc1. The largest absolute Gasteiger partial charge is 0.439 e. The van der Waals surface area contributed by atoms with E-state index in [1.165, 1.54) is 72.1 Å². The number of nitro benzene ring substituents is 2. The Morgan fingerprint density at radius 2 is 1.21 bits per heavy atom. The van der Waals surface area contributed by atoms with Crippen molar-refractivity contribution in [3.8, 4) is 23.3 Å². The number of halogens is 1. The van der Waals surface area contributed by atoms with Gasteiger partial charge in [0.15, 0.2) is 0 Å². The molecular formula is C27H20ClN7O6S. The summed E-state index contributed by atoms with van der Waals surface area (Å²) in [5, 5.41) is 24.5. The molecule has 0 unspecified atom stereocenters. The minimum absolute atomic E-state index is 0.00179. The predicted molar refractivity (Wildman–Crippen MR) is 157 cm³/mol. The summed E-state index contributed by atoms with van der Waals surface area (Å²) in [6.07, 6.45) is 4.68. The molecule has 0 aliphatic carbocycles. The summed E-state index contributed by atoms with van der Waals surface area (Å²) in [5.41, 5.74) is 0.905. The standard InChI is InChI=1S/C17H14N4O3S.C10H6ClN3O3/c1-25-15-8-2-12(3-9-15)20-16-10-17(19-11-18-16)24-14-6-4-13(5-7-14)21(22)23;11-9-5-10(13-6-12-9)17-8-3-1-7(2-4-8)14(15)16/h2-11H,1H3,(H,18,19,20);1-6H. The van der Waals surface area contributed by atoms with Gasteiger partial charge in [-0.3, -0.25) is 20.2 Å². The highest BCUT2D eigenvalue weighted by atomic mass is 35.5. The van der Waals surface area contributed by atoms with E-state index in [-0.39, 0.29) is 22.4 Å². The smallest absolute Gasteiger partial charge is 0.269 e. The average molecular weight is 606 g/mol. The van der Waals surface area contributed by atoms with Gasteiger partial charge in [0.2, 0.25) is 11.8 Å². The van der Waals surface area contributed by atoms with Gasteiger partial charge in [0.1, 0.15) is 35.1 Å². The molecule has 212 valence electrons. The molecule has 0 radical (unpaired) electrons. The van der Waals surface area contributed by atoms with Gasteiger partial charge in [-0.15, -0.1) is 11.8 Å². The second-order valence-electron chi connectivity index (χ2n) is 7.98. The molecule has 2 heterocycles. The zero-order valence-corrected chi connectivity index (χ0v) is 23.2. The first kappa shape index (κ1) is 29.6. The van der Waals surface area contributed by atoms with Crippen LogP contribution in [-0.2, 0) is 0 Å². The lowest BCUT2D eigenvalue weighted by molar-refractivity contribution is -0.385. The predicted octanol–water partition coefficient (Wildman–Crippen LogP) is 7.47. The van der Waals surface area contributed by atoms with Gasteiger partial charge in [0.05, 0.1) is 9.85 Å². The first-order valence-corrected chi connectivity index (χ1v) is 13.4. The molecule has 42 heavy (non-hydrogen) atoms. The zero-order valence-electron chi connectivity index (χ0n) is 21.7. The lowest BCUT2D eigenvalue weighted by Gasteiger charge is -2.08. The van der Waals surface area contributed by atoms with Crippen LogP contribution in [0.4, 0.5) is 22.9 Å². The van der Waals surface area contributed by atoms with Gasteiger partial charge in [0.25, 0.3) is 11.4 Å². The summed E-state index contributed by atoms with van der Waals surface area (Å²) in [6, 6.07) is 22.5. The molecule has 1 N–H and O–H groups in total. The highest BCUT2D eigenvalue weighted by Gasteiger charge is 2.08. The molecule has 0 spiro atoms. The van der Waals surface area contributed by atoms with Gasteiger partial charge in [-0.25, -0.2) is 19.9 Å². The number of nitrogens with zero attached hydrogens (tertiary/aromatic N) is 6. The topological polar surface area (TPSA) is 168 Å². The van der Waals surface area contributed by atoms with Crippen LogP contribution in [0, 0.1) is 20.2 Å². The molecule has 0 saturated carbocycles. The third kappa shape index (κ3) is 8.84. The summed E-state index contributed by atoms with van der Waals surface area (Å²) in [6.45, 7) is 0. The lowest BCUT2D eigenvalue weighted by atomic mass is 10.3. The number of anilines is 2. The highest BCUT2D eigenvalue weighted by Crippen LogP contribution is 2.26. The number of hydrogen-bond donors (Lipinski definition) is 1. The van der Waals surface area contributed by atoms with E-state index >= 15 is 0 Å². The van der Waals surface area contributed by atoms with Gasteiger partial charge in [-0.05, 0) is 54.8 Å². The Balaban J connectivity index is 0.000000208. The molecular weight excluding hydrogens is 586 g/mol. The van der Waals surface area contributed by atoms with E-state index in [2.05, 4.69) is 25.3 Å². The second-order valence-corrected chi connectivity index (χ2v) is 9.25. The van der Waals surface area contributed by atoms with Crippen LogP contribution >= 0.6 is 23.4 Å². The Hall–Kier alpha value is -5.34. The third-order valence-electron chi connectivity index (χ3n) is 5.15. The number of hydrogen-bond acceptors (Lipinski definition) is 12. The number of ether oxygens (including phenoxy) is 2. The molecule has 0 aliphatic heterocycles. The Bertz CT molecular complexity index is 1660. The fraction of sp³-hybridized carbons (Fsp3) is 0.0370. The van der Waals surface area contributed by atoms with Crippen molar-refractivity contribution in [3.63, 3.8) is 0 Å². The van der Waals surface area contributed by atoms with Gasteiger partial charge in [-0.1, -0.05) is 11.6 Å². The van der Waals surface area contributed by atoms with E-state index in [4.69, 9.17) is 21.1 Å². The summed E-state index contributed by atoms with van der Waals surface area (Å²) < 4.78 is 10.9. The summed E-state index contributed by atoms with van der Waals surface area (Å²) in [5.74, 6) is 2.10. The first-order valence-electron chi connectivity index (χ1n) is 11.8. The first-order chi connectivity index (χ1) is 20.3. The molecule has 0 amide bonds. The van der Waals surface area contributed by atoms with Crippen LogP contribution in [0.5, 0.6) is 23.3 Å². The normalized spacial score (nSPS) is 10.1. The van der Waals surface area contributed by atoms with Crippen molar-refractivity contribution in [1.29, 1.82) is 0 Å². The van der Waals surface area contributed by atoms with Crippen molar-refractivity contribution < 1.29 is 19.3 Å². The van der Waals surface area contributed by atoms with E-state index in [1.54, 1.807) is 17.8 Å². The van der Waals surface area contributed by atoms with E-state index in [9.17, 15) is 20.2 Å². The number of aromatic nitrogens is 4. The number of rotatable bonds is 9. The van der Waals surface area contributed by atoms with E-state index in [1.807, 2.05) is 30.5 Å². The summed E-state index contributed by atoms with van der Waals surface area (Å²) in [7, 11) is 0. The highest BCUT2D eigenvalue weighted by molar-refractivity contribution is 7.98. The fourth-order valence-corrected chi connectivity index (χ4v) is 3.72. The fourth-order valence-electron chi connectivity index (χ4n) is 3.17. The van der Waals surface area contributed by atoms with Crippen LogP contribution in [0.15, 0.2) is 102 Å². The van der Waals surface area contributed by atoms with Gasteiger partial charge >= 0.3 is 0 Å². The van der Waals surface area contributed by atoms with Crippen LogP contribution in [0.25, 0.3) is 0 Å². The Kier molecular flexibility index (Phi) is 10.1. The zero-order chi connectivity index (χ0) is 29.9. The van der Waals surface area contributed by atoms with Crippen LogP contribution < -0.4 is 14.8 Å². The maximum atomic E-state index is 10.7. The minimum Gasteiger partial charge on any atom is -0.439 e. The molecule has 0 atom stereocenters. The molecule has 13 nitrogen and oxygen atoms in total. The molecule has 0 saturated heterocycles. The number of nitrogens with one attached hydrogen (secondary N) is 1. The van der Waals surface area contributed by atoms with Gasteiger partial charge < -0.3 is 14.8 Å². The van der Waals surface area contributed by atoms with Crippen LogP contribution in [0.3, 0.4) is 0 Å². The Morgan fingerprint density at radius 1 is 0.714 bits per heavy atom. The van der Waals surface area contributed by atoms with E-state index in [0.717, 1.165) is 5.69 Å². The van der Waals surface area contributed by atoms with Crippen LogP contribution in [0.2, 0.25) is 5.15 Å². The minimum atomic E-state index is -0.481. The summed E-state index contributed by atoms with van der Waals surface area (Å²) in [4.78, 5) is 37.1. The number of non-ortho nitro benzene ring substituents is 2. The van der Waals surface area contributed by atoms with Crippen LogP contribution in [-0.4, -0.2) is 36.0 Å². The van der Waals surface area contributed by atoms with E-state index in [0.29, 0.717) is 23.2 Å². The molecule has 0 bridgehead atoms. The van der Waals surface area contributed by atoms with Gasteiger partial charge in [0, 0.05) is 47.0 Å². The molecule has 2 aromatic heterocycles. The van der Waals surface area contributed by atoms with Crippen molar-refractivity contribution in [3.05, 3.63) is 123 Å². The average Bonchev–Trinajstić information content (AvgIpc) is 2.99. The van der Waals surface area contributed by atoms with Crippen molar-refractivity contribution in [2.24, 2.45) is 0 Å². The quantitative estimate of drug-likeness (QED) is 0.0762. The van der Waals surface area contributed by atoms with Crippen molar-refractivity contribution in [2.75, 3.05) is 11.6 Å². The van der Waals surface area contributed by atoms with E-state index < -0.39 is 9.85 Å². The molecule has 5 aromatic rings. The molecule has 0 fully saturated rings. The molecule has 3 aromatic carbocycles. The monoisotopic (exact) mass is 605 g/mol. The Morgan fingerprint density at radius 3 is 1.69 bits per heavy atom. The van der Waals surface area contributed by atoms with Crippen molar-refractivity contribution in [1.82, 2.24) is 19.9 Å². The number of benzene rings is 3. The molecule has 15 heteroatoms. The van der Waals surface area contributed by atoms with Crippen LogP contribution in [0.1, 0.15) is 0 Å². The van der Waals surface area contributed by atoms with Crippen molar-refractivity contribution >= 4 is 46.2 Å². The maximum Gasteiger partial charge on any atom is 0.269 e. The number of nitro groups is 2. The van der Waals surface area contributed by atoms with Crippen molar-refractivity contribution in [2.45, 2.75) is 4.90 Å². The second kappa shape index (κ2) is 14.3. The summed E-state index contributed by atoms with van der Waals surface area (Å²) >= 11 is 7.33.